The van der Waals surface area contributed by atoms with Gasteiger partial charge in [0.15, 0.2) is 0 Å². The number of anilines is 1. The van der Waals surface area contributed by atoms with E-state index in [1.54, 1.807) is 42.6 Å². The molecular weight excluding hydrogens is 452 g/mol. The number of nitrogens with one attached hydrogen (secondary N) is 2. The van der Waals surface area contributed by atoms with E-state index in [2.05, 4.69) is 15.0 Å². The average Bonchev–Trinajstić information content (AvgIpc) is 2.88. The zero-order valence-corrected chi connectivity index (χ0v) is 19.8. The lowest BCUT2D eigenvalue weighted by atomic mass is 9.73. The lowest BCUT2D eigenvalue weighted by Crippen LogP contribution is -2.51. The number of piperidine rings is 1. The Morgan fingerprint density at radius 1 is 1.00 bits per heavy atom. The number of benzene rings is 2. The molecule has 0 aliphatic carbocycles. The standard InChI is InChI=1S/C25H28N4O4S/c1-33-22-12-6-5-11-21(22)24(30)27-19-25(20-9-3-2-4-10-20)14-17-29(18-15-25)34(31,32)28-23-13-7-8-16-26-23/h2-13,16H,14-15,17-19H2,1H3,(H,26,28)(H,27,30). The topological polar surface area (TPSA) is 101 Å². The van der Waals surface area contributed by atoms with E-state index in [1.807, 2.05) is 36.4 Å². The van der Waals surface area contributed by atoms with E-state index < -0.39 is 15.6 Å². The lowest BCUT2D eigenvalue weighted by Gasteiger charge is -2.41. The molecule has 1 amide bonds. The molecule has 0 atom stereocenters. The van der Waals surface area contributed by atoms with Crippen LogP contribution in [0.1, 0.15) is 28.8 Å². The van der Waals surface area contributed by atoms with Crippen molar-refractivity contribution in [2.24, 2.45) is 0 Å². The summed E-state index contributed by atoms with van der Waals surface area (Å²) in [5.74, 6) is 0.571. The number of aromatic nitrogens is 1. The molecule has 0 radical (unpaired) electrons. The Labute approximate surface area is 200 Å². The molecule has 0 bridgehead atoms. The SMILES string of the molecule is COc1ccccc1C(=O)NCC1(c2ccccc2)CCN(S(=O)(=O)Nc2ccccn2)CC1. The number of ether oxygens (including phenoxy) is 1. The summed E-state index contributed by atoms with van der Waals surface area (Å²) < 4.78 is 35.1. The maximum absolute atomic E-state index is 13.0. The van der Waals surface area contributed by atoms with Crippen molar-refractivity contribution in [1.82, 2.24) is 14.6 Å². The minimum Gasteiger partial charge on any atom is -0.496 e. The van der Waals surface area contributed by atoms with E-state index in [0.717, 1.165) is 5.56 Å². The van der Waals surface area contributed by atoms with Crippen LogP contribution in [0.3, 0.4) is 0 Å². The van der Waals surface area contributed by atoms with Crippen LogP contribution in [-0.2, 0) is 15.6 Å². The first-order chi connectivity index (χ1) is 16.4. The Morgan fingerprint density at radius 3 is 2.35 bits per heavy atom. The van der Waals surface area contributed by atoms with Gasteiger partial charge in [-0.25, -0.2) is 4.98 Å². The first-order valence-electron chi connectivity index (χ1n) is 11.1. The smallest absolute Gasteiger partial charge is 0.302 e. The molecular formula is C25H28N4O4S. The van der Waals surface area contributed by atoms with Crippen molar-refractivity contribution in [3.8, 4) is 5.75 Å². The molecule has 34 heavy (non-hydrogen) atoms. The predicted molar refractivity (Wildman–Crippen MR) is 131 cm³/mol. The van der Waals surface area contributed by atoms with Gasteiger partial charge in [-0.1, -0.05) is 48.5 Å². The Hall–Kier alpha value is -3.43. The highest BCUT2D eigenvalue weighted by Gasteiger charge is 2.40. The third kappa shape index (κ3) is 5.21. The maximum atomic E-state index is 13.0. The molecule has 0 unspecified atom stereocenters. The van der Waals surface area contributed by atoms with Crippen LogP contribution in [0.25, 0.3) is 0 Å². The monoisotopic (exact) mass is 480 g/mol. The van der Waals surface area contributed by atoms with E-state index in [1.165, 1.54) is 11.4 Å². The van der Waals surface area contributed by atoms with Gasteiger partial charge < -0.3 is 10.1 Å². The van der Waals surface area contributed by atoms with Gasteiger partial charge in [-0.15, -0.1) is 0 Å². The van der Waals surface area contributed by atoms with Gasteiger partial charge in [0, 0.05) is 31.2 Å². The van der Waals surface area contributed by atoms with Crippen LogP contribution in [0.2, 0.25) is 0 Å². The fourth-order valence-electron chi connectivity index (χ4n) is 4.31. The molecule has 1 aliphatic rings. The third-order valence-electron chi connectivity index (χ3n) is 6.24. The third-order valence-corrected chi connectivity index (χ3v) is 7.76. The number of hydrogen-bond acceptors (Lipinski definition) is 5. The molecule has 4 rings (SSSR count). The quantitative estimate of drug-likeness (QED) is 0.516. The van der Waals surface area contributed by atoms with Crippen LogP contribution in [0, 0.1) is 0 Å². The summed E-state index contributed by atoms with van der Waals surface area (Å²) in [6.45, 7) is 1.03. The molecule has 0 spiro atoms. The number of amides is 1. The molecule has 0 saturated carbocycles. The number of methoxy groups -OCH3 is 1. The van der Waals surface area contributed by atoms with Crippen molar-refractivity contribution in [3.63, 3.8) is 0 Å². The molecule has 1 fully saturated rings. The second-order valence-electron chi connectivity index (χ2n) is 8.25. The maximum Gasteiger partial charge on any atom is 0.302 e. The zero-order valence-electron chi connectivity index (χ0n) is 19.0. The fraction of sp³-hybridized carbons (Fsp3) is 0.280. The van der Waals surface area contributed by atoms with Gasteiger partial charge in [0.05, 0.1) is 12.7 Å². The average molecular weight is 481 g/mol. The summed E-state index contributed by atoms with van der Waals surface area (Å²) in [5.41, 5.74) is 1.15. The van der Waals surface area contributed by atoms with E-state index in [0.29, 0.717) is 43.8 Å². The van der Waals surface area contributed by atoms with Crippen molar-refractivity contribution in [2.45, 2.75) is 18.3 Å². The fourth-order valence-corrected chi connectivity index (χ4v) is 5.49. The van der Waals surface area contributed by atoms with Crippen LogP contribution in [-0.4, -0.2) is 50.4 Å². The van der Waals surface area contributed by atoms with Crippen LogP contribution < -0.4 is 14.8 Å². The predicted octanol–water partition coefficient (Wildman–Crippen LogP) is 3.21. The number of hydrogen-bond donors (Lipinski definition) is 2. The summed E-state index contributed by atoms with van der Waals surface area (Å²) in [6, 6.07) is 22.1. The van der Waals surface area contributed by atoms with Crippen molar-refractivity contribution in [2.75, 3.05) is 31.5 Å². The van der Waals surface area contributed by atoms with Gasteiger partial charge in [-0.2, -0.15) is 12.7 Å². The van der Waals surface area contributed by atoms with Gasteiger partial charge >= 0.3 is 10.2 Å². The second kappa shape index (κ2) is 10.2. The Kier molecular flexibility index (Phi) is 7.14. The molecule has 178 valence electrons. The largest absolute Gasteiger partial charge is 0.496 e. The molecule has 3 aromatic rings. The highest BCUT2D eigenvalue weighted by molar-refractivity contribution is 7.90. The van der Waals surface area contributed by atoms with Crippen LogP contribution in [0.4, 0.5) is 5.82 Å². The zero-order chi connectivity index (χ0) is 24.0. The number of pyridine rings is 1. The number of carbonyl (C=O) groups is 1. The molecule has 1 aliphatic heterocycles. The number of para-hydroxylation sites is 1. The highest BCUT2D eigenvalue weighted by Crippen LogP contribution is 2.36. The molecule has 1 aromatic heterocycles. The number of nitrogens with zero attached hydrogens (tertiary/aromatic N) is 2. The lowest BCUT2D eigenvalue weighted by molar-refractivity contribution is 0.0930. The van der Waals surface area contributed by atoms with Crippen LogP contribution in [0.5, 0.6) is 5.75 Å². The molecule has 9 heteroatoms. The molecule has 2 heterocycles. The summed E-state index contributed by atoms with van der Waals surface area (Å²) in [7, 11) is -2.20. The van der Waals surface area contributed by atoms with Gasteiger partial charge in [-0.3, -0.25) is 9.52 Å². The Morgan fingerprint density at radius 2 is 1.68 bits per heavy atom. The normalized spacial score (nSPS) is 15.9. The highest BCUT2D eigenvalue weighted by atomic mass is 32.2. The summed E-state index contributed by atoms with van der Waals surface area (Å²) >= 11 is 0. The van der Waals surface area contributed by atoms with Gasteiger partial charge in [0.25, 0.3) is 5.91 Å². The van der Waals surface area contributed by atoms with Crippen LogP contribution >= 0.6 is 0 Å². The van der Waals surface area contributed by atoms with Crippen molar-refractivity contribution in [1.29, 1.82) is 0 Å². The Balaban J connectivity index is 1.50. The van der Waals surface area contributed by atoms with E-state index in [4.69, 9.17) is 4.74 Å². The summed E-state index contributed by atoms with van der Waals surface area (Å²) in [6.07, 6.45) is 2.66. The summed E-state index contributed by atoms with van der Waals surface area (Å²) in [4.78, 5) is 17.0. The first-order valence-corrected chi connectivity index (χ1v) is 12.5. The molecule has 8 nitrogen and oxygen atoms in total. The minimum absolute atomic E-state index is 0.223. The van der Waals surface area contributed by atoms with Gasteiger partial charge in [0.1, 0.15) is 11.6 Å². The Bertz CT molecular complexity index is 1210. The van der Waals surface area contributed by atoms with E-state index in [9.17, 15) is 13.2 Å². The van der Waals surface area contributed by atoms with Gasteiger partial charge in [0.2, 0.25) is 0 Å². The molecule has 2 aromatic carbocycles. The van der Waals surface area contributed by atoms with Crippen LogP contribution in [0.15, 0.2) is 79.0 Å². The van der Waals surface area contributed by atoms with Crippen molar-refractivity contribution < 1.29 is 17.9 Å². The van der Waals surface area contributed by atoms with Gasteiger partial charge in [-0.05, 0) is 42.7 Å². The minimum atomic E-state index is -3.74. The molecule has 2 N–H and O–H groups in total. The first kappa shape index (κ1) is 23.7. The van der Waals surface area contributed by atoms with E-state index >= 15 is 0 Å². The van der Waals surface area contributed by atoms with Crippen molar-refractivity contribution in [3.05, 3.63) is 90.1 Å². The second-order valence-corrected chi connectivity index (χ2v) is 9.92. The number of rotatable bonds is 8. The number of carbonyl (C=O) groups excluding carboxylic acids is 1. The molecule has 1 saturated heterocycles. The van der Waals surface area contributed by atoms with E-state index in [-0.39, 0.29) is 11.7 Å². The van der Waals surface area contributed by atoms with Crippen molar-refractivity contribution >= 4 is 21.9 Å². The summed E-state index contributed by atoms with van der Waals surface area (Å²) in [5, 5.41) is 3.06.